The van der Waals surface area contributed by atoms with Crippen LogP contribution in [0.2, 0.25) is 0 Å². The molecule has 1 aromatic carbocycles. The topological polar surface area (TPSA) is 59.6 Å². The Morgan fingerprint density at radius 1 is 1.09 bits per heavy atom. The molecule has 3 fully saturated rings. The van der Waals surface area contributed by atoms with E-state index >= 15 is 0 Å². The molecular formula is C24H33ClF2N2O3. The summed E-state index contributed by atoms with van der Waals surface area (Å²) in [5.41, 5.74) is 2.85. The maximum Gasteiger partial charge on any atom is 0.251 e. The van der Waals surface area contributed by atoms with Gasteiger partial charge in [-0.05, 0) is 67.8 Å². The van der Waals surface area contributed by atoms with Crippen molar-refractivity contribution in [3.8, 4) is 5.75 Å². The lowest BCUT2D eigenvalue weighted by Gasteiger charge is -2.28. The van der Waals surface area contributed by atoms with Gasteiger partial charge in [0.15, 0.2) is 0 Å². The predicted molar refractivity (Wildman–Crippen MR) is 120 cm³/mol. The summed E-state index contributed by atoms with van der Waals surface area (Å²) in [5, 5.41) is 6.69. The van der Waals surface area contributed by atoms with E-state index in [1.807, 2.05) is 12.1 Å². The molecule has 2 N–H and O–H groups in total. The van der Waals surface area contributed by atoms with Crippen LogP contribution in [0.3, 0.4) is 0 Å². The van der Waals surface area contributed by atoms with E-state index in [4.69, 9.17) is 9.47 Å². The Labute approximate surface area is 194 Å². The van der Waals surface area contributed by atoms with Gasteiger partial charge in [-0.2, -0.15) is 0 Å². The Balaban J connectivity index is 0.00000245. The highest BCUT2D eigenvalue weighted by Crippen LogP contribution is 2.48. The van der Waals surface area contributed by atoms with Gasteiger partial charge in [0.1, 0.15) is 5.75 Å². The predicted octanol–water partition coefficient (Wildman–Crippen LogP) is 4.22. The molecule has 178 valence electrons. The highest BCUT2D eigenvalue weighted by molar-refractivity contribution is 5.95. The molecule has 0 spiro atoms. The summed E-state index contributed by atoms with van der Waals surface area (Å²) in [6.07, 6.45) is 4.47. The fourth-order valence-electron chi connectivity index (χ4n) is 5.23. The molecular weight excluding hydrogens is 438 g/mol. The van der Waals surface area contributed by atoms with Crippen LogP contribution >= 0.6 is 12.4 Å². The lowest BCUT2D eigenvalue weighted by molar-refractivity contribution is -0.0399. The van der Waals surface area contributed by atoms with Gasteiger partial charge in [0.05, 0.1) is 6.61 Å². The minimum absolute atomic E-state index is 0. The number of ether oxygens (including phenoxy) is 2. The van der Waals surface area contributed by atoms with Crippen LogP contribution in [0.5, 0.6) is 5.75 Å². The van der Waals surface area contributed by atoms with Crippen molar-refractivity contribution >= 4 is 18.3 Å². The molecule has 2 aliphatic heterocycles. The van der Waals surface area contributed by atoms with Gasteiger partial charge < -0.3 is 20.1 Å². The minimum Gasteiger partial charge on any atom is -0.493 e. The van der Waals surface area contributed by atoms with E-state index in [0.29, 0.717) is 42.9 Å². The highest BCUT2D eigenvalue weighted by Gasteiger charge is 2.42. The largest absolute Gasteiger partial charge is 0.493 e. The number of fused-ring (bicyclic) bond motifs is 1. The Hall–Kier alpha value is -1.44. The molecule has 5 rings (SSSR count). The Morgan fingerprint density at radius 3 is 2.59 bits per heavy atom. The number of carbonyl (C=O) groups excluding carboxylic acids is 1. The van der Waals surface area contributed by atoms with Gasteiger partial charge in [0, 0.05) is 56.0 Å². The van der Waals surface area contributed by atoms with Crippen molar-refractivity contribution in [2.75, 3.05) is 26.4 Å². The monoisotopic (exact) mass is 470 g/mol. The van der Waals surface area contributed by atoms with Crippen LogP contribution in [-0.4, -0.2) is 50.3 Å². The van der Waals surface area contributed by atoms with Gasteiger partial charge in [0.2, 0.25) is 5.92 Å². The number of hydrogen-bond donors (Lipinski definition) is 2. The van der Waals surface area contributed by atoms with E-state index < -0.39 is 5.92 Å². The maximum absolute atomic E-state index is 13.4. The van der Waals surface area contributed by atoms with Crippen LogP contribution in [0.1, 0.15) is 72.3 Å². The number of halogens is 3. The average molecular weight is 471 g/mol. The average Bonchev–Trinajstić information content (AvgIpc) is 3.38. The van der Waals surface area contributed by atoms with Crippen molar-refractivity contribution in [2.24, 2.45) is 5.92 Å². The number of amides is 1. The van der Waals surface area contributed by atoms with Gasteiger partial charge in [-0.1, -0.05) is 0 Å². The molecule has 1 amide bonds. The molecule has 2 aliphatic carbocycles. The SMILES string of the molecule is Cl.O=C(NC1CCC(F)(F)CC1)c1cc2c(c(C3CC3NCC3CCOCC3)c1)OCC2. The zero-order chi connectivity index (χ0) is 21.4. The zero-order valence-electron chi connectivity index (χ0n) is 18.3. The Kier molecular flexibility index (Phi) is 7.27. The van der Waals surface area contributed by atoms with Crippen molar-refractivity contribution in [1.29, 1.82) is 0 Å². The fourth-order valence-corrected chi connectivity index (χ4v) is 5.23. The van der Waals surface area contributed by atoms with Gasteiger partial charge in [-0.3, -0.25) is 4.79 Å². The molecule has 2 atom stereocenters. The number of nitrogens with one attached hydrogen (secondary N) is 2. The van der Waals surface area contributed by atoms with Crippen LogP contribution in [0.15, 0.2) is 12.1 Å². The molecule has 32 heavy (non-hydrogen) atoms. The first-order valence-corrected chi connectivity index (χ1v) is 11.8. The second-order valence-electron chi connectivity index (χ2n) is 9.67. The number of hydrogen-bond acceptors (Lipinski definition) is 4. The van der Waals surface area contributed by atoms with Crippen molar-refractivity contribution in [1.82, 2.24) is 10.6 Å². The summed E-state index contributed by atoms with van der Waals surface area (Å²) >= 11 is 0. The first-order valence-electron chi connectivity index (χ1n) is 11.8. The minimum atomic E-state index is -2.59. The summed E-state index contributed by atoms with van der Waals surface area (Å²) in [6, 6.07) is 4.15. The molecule has 4 aliphatic rings. The van der Waals surface area contributed by atoms with Crippen LogP contribution in [-0.2, 0) is 11.2 Å². The Morgan fingerprint density at radius 2 is 1.84 bits per heavy atom. The third kappa shape index (κ3) is 5.37. The van der Waals surface area contributed by atoms with E-state index in [-0.39, 0.29) is 37.2 Å². The van der Waals surface area contributed by atoms with E-state index in [2.05, 4.69) is 10.6 Å². The van der Waals surface area contributed by atoms with Gasteiger partial charge >= 0.3 is 0 Å². The van der Waals surface area contributed by atoms with Crippen LogP contribution in [0.4, 0.5) is 8.78 Å². The quantitative estimate of drug-likeness (QED) is 0.653. The molecule has 1 aromatic rings. The van der Waals surface area contributed by atoms with E-state index in [9.17, 15) is 13.6 Å². The molecule has 1 saturated heterocycles. The number of benzene rings is 1. The third-order valence-electron chi connectivity index (χ3n) is 7.33. The molecule has 0 aromatic heterocycles. The third-order valence-corrected chi connectivity index (χ3v) is 7.33. The highest BCUT2D eigenvalue weighted by atomic mass is 35.5. The molecule has 2 unspecified atom stereocenters. The van der Waals surface area contributed by atoms with Crippen molar-refractivity contribution in [3.05, 3.63) is 28.8 Å². The molecule has 8 heteroatoms. The summed E-state index contributed by atoms with van der Waals surface area (Å²) in [4.78, 5) is 12.9. The normalized spacial score (nSPS) is 27.2. The molecule has 0 radical (unpaired) electrons. The maximum atomic E-state index is 13.4. The van der Waals surface area contributed by atoms with Crippen LogP contribution < -0.4 is 15.4 Å². The lowest BCUT2D eigenvalue weighted by Crippen LogP contribution is -2.40. The molecule has 2 saturated carbocycles. The fraction of sp³-hybridized carbons (Fsp3) is 0.708. The summed E-state index contributed by atoms with van der Waals surface area (Å²) in [7, 11) is 0. The number of alkyl halides is 2. The van der Waals surface area contributed by atoms with Gasteiger partial charge in [-0.15, -0.1) is 12.4 Å². The molecule has 0 bridgehead atoms. The van der Waals surface area contributed by atoms with E-state index in [1.54, 1.807) is 0 Å². The number of rotatable bonds is 6. The lowest BCUT2D eigenvalue weighted by atomic mass is 9.92. The summed E-state index contributed by atoms with van der Waals surface area (Å²) in [5.74, 6) is -0.740. The molecule has 2 heterocycles. The molecule has 5 nitrogen and oxygen atoms in total. The zero-order valence-corrected chi connectivity index (χ0v) is 19.2. The second-order valence-corrected chi connectivity index (χ2v) is 9.67. The Bertz CT molecular complexity index is 822. The second kappa shape index (κ2) is 9.82. The van der Waals surface area contributed by atoms with Crippen molar-refractivity contribution in [2.45, 2.75) is 75.3 Å². The van der Waals surface area contributed by atoms with Crippen LogP contribution in [0, 0.1) is 5.92 Å². The number of carbonyl (C=O) groups is 1. The van der Waals surface area contributed by atoms with E-state index in [1.165, 1.54) is 0 Å². The van der Waals surface area contributed by atoms with Crippen LogP contribution in [0.25, 0.3) is 0 Å². The van der Waals surface area contributed by atoms with Gasteiger partial charge in [-0.25, -0.2) is 8.78 Å². The smallest absolute Gasteiger partial charge is 0.251 e. The van der Waals surface area contributed by atoms with Crippen molar-refractivity contribution < 1.29 is 23.0 Å². The first kappa shape index (κ1) is 23.7. The van der Waals surface area contributed by atoms with Crippen molar-refractivity contribution in [3.63, 3.8) is 0 Å². The van der Waals surface area contributed by atoms with Gasteiger partial charge in [0.25, 0.3) is 5.91 Å². The first-order chi connectivity index (χ1) is 15.0. The summed E-state index contributed by atoms with van der Waals surface area (Å²) in [6.45, 7) is 3.38. The summed E-state index contributed by atoms with van der Waals surface area (Å²) < 4.78 is 38.2. The standard InChI is InChI=1S/C24H32F2N2O3.ClH/c25-24(26)6-1-18(2-7-24)28-23(29)17-11-16-5-10-31-22(16)20(12-17)19-13-21(19)27-14-15-3-8-30-9-4-15;/h11-12,15,18-19,21,27H,1-10,13-14H2,(H,28,29);1H. The van der Waals surface area contributed by atoms with E-state index in [0.717, 1.165) is 62.3 Å².